The lowest BCUT2D eigenvalue weighted by Gasteiger charge is -2.35. The first-order valence-electron chi connectivity index (χ1n) is 11.5. The Morgan fingerprint density at radius 2 is 1.89 bits per heavy atom. The maximum atomic E-state index is 14.5. The molecule has 1 saturated heterocycles. The van der Waals surface area contributed by atoms with Crippen molar-refractivity contribution in [2.75, 3.05) is 45.3 Å². The zero-order valence-corrected chi connectivity index (χ0v) is 19.8. The van der Waals surface area contributed by atoms with Crippen molar-refractivity contribution < 1.29 is 14.2 Å². The molecule has 0 radical (unpaired) electrons. The summed E-state index contributed by atoms with van der Waals surface area (Å²) in [4.78, 5) is 28.5. The third kappa shape index (κ3) is 5.34. The van der Waals surface area contributed by atoms with Crippen molar-refractivity contribution >= 4 is 11.6 Å². The summed E-state index contributed by atoms with van der Waals surface area (Å²) in [5, 5.41) is 8.96. The fraction of sp³-hybridized carbons (Fsp3) is 0.346. The molecule has 4 rings (SSSR count). The summed E-state index contributed by atoms with van der Waals surface area (Å²) in [7, 11) is 4.13. The summed E-state index contributed by atoms with van der Waals surface area (Å²) in [6, 6.07) is 11.6. The van der Waals surface area contributed by atoms with Crippen molar-refractivity contribution in [3.05, 3.63) is 70.1 Å². The van der Waals surface area contributed by atoms with Crippen LogP contribution in [0.1, 0.15) is 12.8 Å². The van der Waals surface area contributed by atoms with E-state index >= 15 is 0 Å². The Hall–Kier alpha value is -3.74. The van der Waals surface area contributed by atoms with Crippen LogP contribution < -0.4 is 15.2 Å². The summed E-state index contributed by atoms with van der Waals surface area (Å²) in [5.74, 6) is 0.344. The molecule has 8 nitrogen and oxygen atoms in total. The second-order valence-electron chi connectivity index (χ2n) is 8.67. The van der Waals surface area contributed by atoms with Gasteiger partial charge in [0.05, 0.1) is 24.4 Å². The molecule has 0 saturated carbocycles. The molecule has 2 N–H and O–H groups in total. The molecule has 0 atom stereocenters. The van der Waals surface area contributed by atoms with Gasteiger partial charge in [0.15, 0.2) is 0 Å². The number of piperidine rings is 1. The number of ether oxygens (including phenoxy) is 1. The molecule has 35 heavy (non-hydrogen) atoms. The Balaban J connectivity index is 1.78. The Morgan fingerprint density at radius 3 is 2.49 bits per heavy atom. The molecular formula is C26H28FN5O3. The van der Waals surface area contributed by atoms with Crippen LogP contribution in [0.3, 0.4) is 0 Å². The van der Waals surface area contributed by atoms with E-state index in [-0.39, 0.29) is 24.5 Å². The lowest BCUT2D eigenvalue weighted by Crippen LogP contribution is -2.43. The highest BCUT2D eigenvalue weighted by molar-refractivity contribution is 5.81. The molecule has 0 unspecified atom stereocenters. The molecule has 1 aromatic heterocycles. The Bertz CT molecular complexity index is 1280. The van der Waals surface area contributed by atoms with Crippen molar-refractivity contribution in [2.24, 2.45) is 0 Å². The topological polar surface area (TPSA) is 86.1 Å². The van der Waals surface area contributed by atoms with Crippen molar-refractivity contribution in [3.8, 4) is 28.1 Å². The lowest BCUT2D eigenvalue weighted by molar-refractivity contribution is 0.201. The number of H-pyrrole nitrogens is 1. The van der Waals surface area contributed by atoms with E-state index in [1.165, 1.54) is 12.1 Å². The van der Waals surface area contributed by atoms with E-state index in [9.17, 15) is 9.18 Å². The molecule has 3 aromatic rings. The number of rotatable bonds is 7. The predicted molar refractivity (Wildman–Crippen MR) is 133 cm³/mol. The quantitative estimate of drug-likeness (QED) is 0.505. The second kappa shape index (κ2) is 10.7. The molecule has 2 heterocycles. The first-order valence-corrected chi connectivity index (χ1v) is 11.5. The molecule has 0 aliphatic carbocycles. The largest absolute Gasteiger partial charge is 0.491 e. The molecule has 182 valence electrons. The molecular weight excluding hydrogens is 449 g/mol. The lowest BCUT2D eigenvalue weighted by atomic mass is 10.00. The summed E-state index contributed by atoms with van der Waals surface area (Å²) in [5.41, 5.74) is 1.24. The maximum Gasteiger partial charge on any atom is 0.260 e. The average Bonchev–Trinajstić information content (AvgIpc) is 2.87. The Morgan fingerprint density at radius 1 is 1.20 bits per heavy atom. The summed E-state index contributed by atoms with van der Waals surface area (Å²) in [6.07, 6.45) is 1.88. The van der Waals surface area contributed by atoms with Crippen LogP contribution in [0.15, 0.2) is 47.3 Å². The smallest absolute Gasteiger partial charge is 0.260 e. The van der Waals surface area contributed by atoms with Crippen LogP contribution in [0.5, 0.6) is 5.75 Å². The van der Waals surface area contributed by atoms with Crippen LogP contribution >= 0.6 is 0 Å². The predicted octanol–water partition coefficient (Wildman–Crippen LogP) is 3.70. The van der Waals surface area contributed by atoms with Gasteiger partial charge in [0.1, 0.15) is 18.2 Å². The molecule has 1 fully saturated rings. The number of hydrogen-bond acceptors (Lipinski definition) is 6. The fourth-order valence-corrected chi connectivity index (χ4v) is 4.31. The maximum absolute atomic E-state index is 14.5. The molecule has 2 aromatic carbocycles. The monoisotopic (exact) mass is 477 g/mol. The van der Waals surface area contributed by atoms with Gasteiger partial charge in [-0.25, -0.2) is 14.2 Å². The van der Waals surface area contributed by atoms with Crippen LogP contribution in [-0.2, 0) is 0 Å². The van der Waals surface area contributed by atoms with Crippen LogP contribution in [-0.4, -0.2) is 66.4 Å². The van der Waals surface area contributed by atoms with Crippen LogP contribution in [0, 0.1) is 12.4 Å². The van der Waals surface area contributed by atoms with Crippen molar-refractivity contribution in [3.63, 3.8) is 0 Å². The van der Waals surface area contributed by atoms with Gasteiger partial charge in [0, 0.05) is 24.7 Å². The second-order valence-corrected chi connectivity index (χ2v) is 8.67. The third-order valence-electron chi connectivity index (χ3n) is 6.25. The number of halogens is 1. The molecule has 1 aliphatic heterocycles. The van der Waals surface area contributed by atoms with E-state index < -0.39 is 5.82 Å². The van der Waals surface area contributed by atoms with Gasteiger partial charge in [-0.1, -0.05) is 24.3 Å². The van der Waals surface area contributed by atoms with Crippen molar-refractivity contribution in [1.29, 1.82) is 0 Å². The average molecular weight is 478 g/mol. The van der Waals surface area contributed by atoms with Crippen LogP contribution in [0.2, 0.25) is 0 Å². The van der Waals surface area contributed by atoms with E-state index in [1.54, 1.807) is 30.3 Å². The minimum absolute atomic E-state index is 0.0866. The number of aliphatic hydroxyl groups is 1. The van der Waals surface area contributed by atoms with Crippen LogP contribution in [0.25, 0.3) is 27.2 Å². The number of nitrogens with one attached hydrogen (secondary N) is 1. The van der Waals surface area contributed by atoms with Crippen LogP contribution in [0.4, 0.5) is 16.0 Å². The van der Waals surface area contributed by atoms with Gasteiger partial charge < -0.3 is 19.6 Å². The van der Waals surface area contributed by atoms with Gasteiger partial charge in [-0.05, 0) is 50.7 Å². The van der Waals surface area contributed by atoms with E-state index in [2.05, 4.69) is 28.8 Å². The summed E-state index contributed by atoms with van der Waals surface area (Å²) in [6.45, 7) is 8.68. The standard InChI is InChI=1S/C26H28FN5O3/c1-28-22-9-6-18(16-21(22)27)24-23(17-4-7-20(8-5-17)35-15-14-33)25(34)30-26(29-24)32-12-10-19(11-13-32)31(2)3/h4-9,16,19,33H,10-15H2,2-3H3,(H,29,30,34). The van der Waals surface area contributed by atoms with Gasteiger partial charge in [0.2, 0.25) is 11.6 Å². The highest BCUT2D eigenvalue weighted by Gasteiger charge is 2.24. The zero-order valence-electron chi connectivity index (χ0n) is 19.8. The molecule has 0 bridgehead atoms. The van der Waals surface area contributed by atoms with E-state index in [0.29, 0.717) is 40.1 Å². The van der Waals surface area contributed by atoms with Gasteiger partial charge in [-0.2, -0.15) is 0 Å². The SMILES string of the molecule is [C-]#[N+]c1ccc(-c2nc(N3CCC(N(C)C)CC3)[nH]c(=O)c2-c2ccc(OCCO)cc2)cc1F. The number of aromatic nitrogens is 2. The molecule has 0 amide bonds. The highest BCUT2D eigenvalue weighted by atomic mass is 19.1. The fourth-order valence-electron chi connectivity index (χ4n) is 4.31. The normalized spacial score (nSPS) is 14.2. The van der Waals surface area contributed by atoms with Gasteiger partial charge in [-0.15, -0.1) is 0 Å². The number of benzene rings is 2. The minimum Gasteiger partial charge on any atom is -0.491 e. The van der Waals surface area contributed by atoms with Gasteiger partial charge >= 0.3 is 0 Å². The zero-order chi connectivity index (χ0) is 24.9. The van der Waals surface area contributed by atoms with Gasteiger partial charge in [-0.3, -0.25) is 9.78 Å². The first kappa shape index (κ1) is 24.4. The Kier molecular flexibility index (Phi) is 7.44. The van der Waals surface area contributed by atoms with Gasteiger partial charge in [0.25, 0.3) is 5.56 Å². The number of aromatic amines is 1. The first-order chi connectivity index (χ1) is 16.9. The minimum atomic E-state index is -0.661. The summed E-state index contributed by atoms with van der Waals surface area (Å²) < 4.78 is 20.0. The molecule has 9 heteroatoms. The number of hydrogen-bond donors (Lipinski definition) is 2. The van der Waals surface area contributed by atoms with E-state index in [0.717, 1.165) is 25.9 Å². The van der Waals surface area contributed by atoms with Crippen molar-refractivity contribution in [1.82, 2.24) is 14.9 Å². The summed E-state index contributed by atoms with van der Waals surface area (Å²) >= 11 is 0. The number of anilines is 1. The van der Waals surface area contributed by atoms with Crippen molar-refractivity contribution in [2.45, 2.75) is 18.9 Å². The third-order valence-corrected chi connectivity index (χ3v) is 6.25. The number of nitrogens with zero attached hydrogens (tertiary/aromatic N) is 4. The van der Waals surface area contributed by atoms with E-state index in [1.807, 2.05) is 4.90 Å². The van der Waals surface area contributed by atoms with E-state index in [4.69, 9.17) is 21.4 Å². The number of aliphatic hydroxyl groups excluding tert-OH is 1. The molecule has 1 aliphatic rings. The molecule has 0 spiro atoms. The highest BCUT2D eigenvalue weighted by Crippen LogP contribution is 2.33. The Labute approximate surface area is 203 Å².